The topological polar surface area (TPSA) is 74.5 Å². The van der Waals surface area contributed by atoms with E-state index in [-0.39, 0.29) is 5.56 Å². The molecule has 256 valence electrons. The van der Waals surface area contributed by atoms with Crippen molar-refractivity contribution >= 4 is 17.8 Å². The van der Waals surface area contributed by atoms with Crippen molar-refractivity contribution in [3.05, 3.63) is 46.9 Å². The van der Waals surface area contributed by atoms with Crippen LogP contribution in [-0.2, 0) is 31.2 Å². The monoisotopic (exact) mass is 650 g/mol. The van der Waals surface area contributed by atoms with Crippen LogP contribution < -0.4 is 10.2 Å². The first-order chi connectivity index (χ1) is 22.6. The van der Waals surface area contributed by atoms with Crippen molar-refractivity contribution in [2.24, 2.45) is 18.4 Å². The van der Waals surface area contributed by atoms with E-state index in [0.29, 0.717) is 17.0 Å². The van der Waals surface area contributed by atoms with Gasteiger partial charge >= 0.3 is 0 Å². The lowest BCUT2D eigenvalue weighted by molar-refractivity contribution is -0.106. The largest absolute Gasteiger partial charge is 0.324 e. The highest BCUT2D eigenvalue weighted by atomic mass is 19.3. The Kier molecular flexibility index (Phi) is 10.2. The highest BCUT2D eigenvalue weighted by Crippen LogP contribution is 2.44. The number of likely N-dealkylation sites (N-methyl/N-ethyl adjacent to an activating group) is 1. The molecule has 3 aromatic rings. The number of aryl methyl sites for hydroxylation is 2. The molecule has 6 heterocycles. The number of aromatic nitrogens is 4. The van der Waals surface area contributed by atoms with Crippen LogP contribution in [0, 0.1) is 11.3 Å². The second kappa shape index (κ2) is 14.1. The molecule has 2 aromatic heterocycles. The first-order valence-corrected chi connectivity index (χ1v) is 17.4. The molecule has 2 fully saturated rings. The molecule has 4 aliphatic rings. The standard InChI is InChI=1S/C34H48F2N8.C2H4O/c1-34(2)22-37-11-7-25(34)20-42-14-8-26(9-15-42)44-30-10-13-40(3)21-29(30)33(39-44)43-12-5-6-23-16-27(24-18-38-41(4)19-24)28(32(35)36)17-31(23)43;1-2-3/h16-19,25-26,32,37H,5-15,20-22H2,1-4H3;2H,1H3. The minimum absolute atomic E-state index is 0.0679. The van der Waals surface area contributed by atoms with Crippen LogP contribution in [0.4, 0.5) is 20.3 Å². The SMILES string of the molecule is CC=O.CN1CCc2c(c(N3CCCc4cc(-c5cnn(C)c5)c(C(F)F)cc43)nn2C2CCN(CC3CCNCC3(C)C)CC2)C1. The van der Waals surface area contributed by atoms with Crippen LogP contribution in [-0.4, -0.2) is 88.5 Å². The number of benzene rings is 1. The fourth-order valence-electron chi connectivity index (χ4n) is 8.16. The van der Waals surface area contributed by atoms with Crippen LogP contribution in [0.25, 0.3) is 11.1 Å². The molecule has 0 spiro atoms. The van der Waals surface area contributed by atoms with Gasteiger partial charge in [0.2, 0.25) is 0 Å². The Morgan fingerprint density at radius 3 is 2.53 bits per heavy atom. The van der Waals surface area contributed by atoms with Gasteiger partial charge in [-0.2, -0.15) is 10.2 Å². The van der Waals surface area contributed by atoms with Gasteiger partial charge in [-0.25, -0.2) is 8.78 Å². The number of rotatable bonds is 6. The molecular formula is C36H52F2N8O. The van der Waals surface area contributed by atoms with Crippen LogP contribution in [0.1, 0.15) is 81.3 Å². The lowest BCUT2D eigenvalue weighted by Crippen LogP contribution is -2.48. The molecule has 7 rings (SSSR count). The third kappa shape index (κ3) is 7.03. The summed E-state index contributed by atoms with van der Waals surface area (Å²) in [5, 5.41) is 13.2. The molecule has 0 saturated carbocycles. The number of fused-ring (bicyclic) bond motifs is 2. The second-order valence-corrected chi connectivity index (χ2v) is 14.6. The van der Waals surface area contributed by atoms with Crippen LogP contribution >= 0.6 is 0 Å². The summed E-state index contributed by atoms with van der Waals surface area (Å²) >= 11 is 0. The van der Waals surface area contributed by atoms with E-state index in [2.05, 4.69) is 50.7 Å². The summed E-state index contributed by atoms with van der Waals surface area (Å²) in [5.41, 5.74) is 6.36. The number of anilines is 2. The molecule has 0 amide bonds. The lowest BCUT2D eigenvalue weighted by Gasteiger charge is -2.43. The van der Waals surface area contributed by atoms with Gasteiger partial charge in [0.05, 0.1) is 12.2 Å². The van der Waals surface area contributed by atoms with Crippen molar-refractivity contribution in [3.63, 3.8) is 0 Å². The molecule has 0 radical (unpaired) electrons. The van der Waals surface area contributed by atoms with E-state index in [0.717, 1.165) is 113 Å². The molecule has 0 bridgehead atoms. The predicted molar refractivity (Wildman–Crippen MR) is 182 cm³/mol. The molecule has 4 aliphatic heterocycles. The number of carbonyl (C=O) groups excluding carboxylic acids is 1. The zero-order chi connectivity index (χ0) is 33.3. The Bertz CT molecular complexity index is 1540. The number of carbonyl (C=O) groups is 1. The Labute approximate surface area is 278 Å². The van der Waals surface area contributed by atoms with Crippen molar-refractivity contribution in [1.82, 2.24) is 34.7 Å². The highest BCUT2D eigenvalue weighted by molar-refractivity contribution is 5.77. The minimum atomic E-state index is -2.57. The predicted octanol–water partition coefficient (Wildman–Crippen LogP) is 5.77. The number of halogens is 2. The summed E-state index contributed by atoms with van der Waals surface area (Å²) in [4.78, 5) is 16.1. The maximum absolute atomic E-state index is 14.5. The number of nitrogens with zero attached hydrogens (tertiary/aromatic N) is 7. The number of likely N-dealkylation sites (tertiary alicyclic amines) is 1. The molecule has 0 aliphatic carbocycles. The van der Waals surface area contributed by atoms with Crippen LogP contribution in [0.5, 0.6) is 0 Å². The summed E-state index contributed by atoms with van der Waals surface area (Å²) in [5.74, 6) is 1.71. The van der Waals surface area contributed by atoms with Gasteiger partial charge in [-0.15, -0.1) is 0 Å². The fraction of sp³-hybridized carbons (Fsp3) is 0.639. The van der Waals surface area contributed by atoms with Crippen LogP contribution in [0.2, 0.25) is 0 Å². The van der Waals surface area contributed by atoms with E-state index in [4.69, 9.17) is 9.89 Å². The molecular weight excluding hydrogens is 598 g/mol. The minimum Gasteiger partial charge on any atom is -0.324 e. The molecule has 9 nitrogen and oxygen atoms in total. The van der Waals surface area contributed by atoms with E-state index in [9.17, 15) is 8.78 Å². The molecule has 1 unspecified atom stereocenters. The summed E-state index contributed by atoms with van der Waals surface area (Å²) in [6.07, 6.45) is 7.97. The van der Waals surface area contributed by atoms with Gasteiger partial charge in [-0.05, 0) is 87.2 Å². The molecule has 1 aromatic carbocycles. The van der Waals surface area contributed by atoms with Gasteiger partial charge in [0.25, 0.3) is 6.43 Å². The van der Waals surface area contributed by atoms with E-state index < -0.39 is 6.43 Å². The fourth-order valence-corrected chi connectivity index (χ4v) is 8.16. The van der Waals surface area contributed by atoms with Crippen molar-refractivity contribution in [2.75, 3.05) is 57.8 Å². The average molecular weight is 651 g/mol. The number of hydrogen-bond donors (Lipinski definition) is 1. The summed E-state index contributed by atoms with van der Waals surface area (Å²) < 4.78 is 33.1. The van der Waals surface area contributed by atoms with Gasteiger partial charge < -0.3 is 24.8 Å². The Balaban J connectivity index is 0.00000124. The van der Waals surface area contributed by atoms with Gasteiger partial charge in [0.15, 0.2) is 5.82 Å². The summed E-state index contributed by atoms with van der Waals surface area (Å²) in [7, 11) is 3.99. The van der Waals surface area contributed by atoms with E-state index in [1.54, 1.807) is 16.9 Å². The molecule has 1 atom stereocenters. The zero-order valence-electron chi connectivity index (χ0n) is 28.8. The van der Waals surface area contributed by atoms with Gasteiger partial charge in [0.1, 0.15) is 6.29 Å². The average Bonchev–Trinajstić information content (AvgIpc) is 3.65. The van der Waals surface area contributed by atoms with Gasteiger partial charge in [-0.1, -0.05) is 13.8 Å². The molecule has 2 saturated heterocycles. The zero-order valence-corrected chi connectivity index (χ0v) is 28.8. The van der Waals surface area contributed by atoms with Crippen molar-refractivity contribution in [3.8, 4) is 11.1 Å². The van der Waals surface area contributed by atoms with E-state index >= 15 is 0 Å². The Morgan fingerprint density at radius 1 is 1.09 bits per heavy atom. The Morgan fingerprint density at radius 2 is 1.85 bits per heavy atom. The molecule has 47 heavy (non-hydrogen) atoms. The maximum Gasteiger partial charge on any atom is 0.264 e. The van der Waals surface area contributed by atoms with Crippen LogP contribution in [0.3, 0.4) is 0 Å². The number of hydrogen-bond acceptors (Lipinski definition) is 7. The van der Waals surface area contributed by atoms with Crippen molar-refractivity contribution < 1.29 is 13.6 Å². The van der Waals surface area contributed by atoms with Gasteiger partial charge in [-0.3, -0.25) is 9.36 Å². The normalized spacial score (nSPS) is 22.0. The number of nitrogens with one attached hydrogen (secondary N) is 1. The second-order valence-electron chi connectivity index (χ2n) is 14.6. The highest BCUT2D eigenvalue weighted by Gasteiger charge is 2.36. The summed E-state index contributed by atoms with van der Waals surface area (Å²) in [6.45, 7) is 14.6. The summed E-state index contributed by atoms with van der Waals surface area (Å²) in [6, 6.07) is 4.10. The van der Waals surface area contributed by atoms with Crippen molar-refractivity contribution in [2.45, 2.75) is 78.3 Å². The first-order valence-electron chi connectivity index (χ1n) is 17.4. The maximum atomic E-state index is 14.5. The van der Waals surface area contributed by atoms with Crippen molar-refractivity contribution in [1.29, 1.82) is 0 Å². The molecule has 11 heteroatoms. The first kappa shape index (κ1) is 33.7. The van der Waals surface area contributed by atoms with E-state index in [1.165, 1.54) is 31.1 Å². The third-order valence-electron chi connectivity index (χ3n) is 10.9. The quantitative estimate of drug-likeness (QED) is 0.340. The molecule has 1 N–H and O–H groups in total. The van der Waals surface area contributed by atoms with E-state index in [1.807, 2.05) is 19.3 Å². The lowest BCUT2D eigenvalue weighted by atomic mass is 9.74. The number of alkyl halides is 2. The smallest absolute Gasteiger partial charge is 0.264 e. The number of piperidine rings is 2. The Hall–Kier alpha value is -3.15. The number of aldehydes is 1. The van der Waals surface area contributed by atoms with Gasteiger partial charge in [0, 0.05) is 93.6 Å². The van der Waals surface area contributed by atoms with Crippen LogP contribution in [0.15, 0.2) is 24.5 Å². The third-order valence-corrected chi connectivity index (χ3v) is 10.9.